The van der Waals surface area contributed by atoms with Gasteiger partial charge in [-0.2, -0.15) is 4.99 Å². The van der Waals surface area contributed by atoms with Gasteiger partial charge in [0.2, 0.25) is 0 Å². The molecule has 1 unspecified atom stereocenters. The van der Waals surface area contributed by atoms with E-state index in [1.165, 1.54) is 0 Å². The number of thiocarbonyl (C=S) groups is 1. The number of rotatable bonds is 3. The Morgan fingerprint density at radius 1 is 1.46 bits per heavy atom. The summed E-state index contributed by atoms with van der Waals surface area (Å²) in [6.45, 7) is 0. The molecule has 4 nitrogen and oxygen atoms in total. The lowest BCUT2D eigenvalue weighted by atomic mass is 10.3. The van der Waals surface area contributed by atoms with E-state index in [9.17, 15) is 8.76 Å². The zero-order valence-electron chi connectivity index (χ0n) is 6.39. The largest absolute Gasteiger partial charge is 0.755 e. The maximum atomic E-state index is 10.2. The second kappa shape index (κ2) is 4.84. The average Bonchev–Trinajstić information content (AvgIpc) is 2.08. The molecule has 0 aliphatic rings. The third-order valence-electron chi connectivity index (χ3n) is 1.24. The van der Waals surface area contributed by atoms with Gasteiger partial charge in [0.05, 0.1) is 10.8 Å². The standard InChI is InChI=1S/C7H6N2O2S2/c10-13(11)9-7-3-1-6(2-4-7)8-5-12/h1-4,9H,(H,10,11)/p-1. The molecule has 1 N–H and O–H groups in total. The van der Waals surface area contributed by atoms with E-state index in [1.807, 2.05) is 0 Å². The van der Waals surface area contributed by atoms with Crippen molar-refractivity contribution in [1.82, 2.24) is 0 Å². The van der Waals surface area contributed by atoms with Crippen LogP contribution in [-0.2, 0) is 11.3 Å². The van der Waals surface area contributed by atoms with Crippen molar-refractivity contribution in [2.45, 2.75) is 0 Å². The first-order valence-electron chi connectivity index (χ1n) is 3.26. The second-order valence-corrected chi connectivity index (χ2v) is 2.94. The first kappa shape index (κ1) is 10.0. The van der Waals surface area contributed by atoms with Gasteiger partial charge in [-0.3, -0.25) is 4.21 Å². The van der Waals surface area contributed by atoms with E-state index in [1.54, 1.807) is 24.3 Å². The van der Waals surface area contributed by atoms with Gasteiger partial charge in [-0.05, 0) is 36.5 Å². The highest BCUT2D eigenvalue weighted by molar-refractivity contribution is 7.80. The number of isothiocyanates is 1. The molecule has 1 aromatic rings. The average molecular weight is 213 g/mol. The van der Waals surface area contributed by atoms with Gasteiger partial charge in [0.25, 0.3) is 0 Å². The minimum Gasteiger partial charge on any atom is -0.755 e. The zero-order chi connectivity index (χ0) is 9.68. The van der Waals surface area contributed by atoms with E-state index >= 15 is 0 Å². The van der Waals surface area contributed by atoms with Gasteiger partial charge < -0.3 is 9.27 Å². The van der Waals surface area contributed by atoms with Crippen LogP contribution in [0.15, 0.2) is 29.3 Å². The number of aliphatic imine (C=N–C) groups is 1. The van der Waals surface area contributed by atoms with Crippen LogP contribution in [-0.4, -0.2) is 13.9 Å². The third kappa shape index (κ3) is 3.43. The highest BCUT2D eigenvalue weighted by atomic mass is 32.2. The molecule has 0 saturated carbocycles. The molecule has 1 aromatic carbocycles. The molecule has 0 aliphatic heterocycles. The lowest BCUT2D eigenvalue weighted by Crippen LogP contribution is -2.01. The molecule has 0 radical (unpaired) electrons. The van der Waals surface area contributed by atoms with Crippen molar-refractivity contribution in [3.05, 3.63) is 24.3 Å². The molecular weight excluding hydrogens is 208 g/mol. The maximum Gasteiger partial charge on any atom is 0.0741 e. The molecule has 68 valence electrons. The van der Waals surface area contributed by atoms with Crippen LogP contribution in [0, 0.1) is 0 Å². The Labute approximate surface area is 83.1 Å². The van der Waals surface area contributed by atoms with Crippen molar-refractivity contribution in [3.63, 3.8) is 0 Å². The number of hydrogen-bond donors (Lipinski definition) is 1. The van der Waals surface area contributed by atoms with Crippen LogP contribution < -0.4 is 4.72 Å². The van der Waals surface area contributed by atoms with E-state index in [-0.39, 0.29) is 0 Å². The Balaban J connectivity index is 2.80. The molecular formula is C7H5N2O2S2-. The monoisotopic (exact) mass is 213 g/mol. The lowest BCUT2D eigenvalue weighted by Gasteiger charge is -2.07. The Hall–Kier alpha value is -1.07. The highest BCUT2D eigenvalue weighted by Gasteiger charge is 1.90. The van der Waals surface area contributed by atoms with Gasteiger partial charge in [0, 0.05) is 17.0 Å². The fourth-order valence-corrected chi connectivity index (χ4v) is 1.19. The summed E-state index contributed by atoms with van der Waals surface area (Å²) in [6.07, 6.45) is 0. The first-order valence-corrected chi connectivity index (χ1v) is 4.74. The summed E-state index contributed by atoms with van der Waals surface area (Å²) in [4.78, 5) is 3.71. The SMILES string of the molecule is O=S([O-])Nc1ccc(N=C=S)cc1. The molecule has 0 heterocycles. The Kier molecular flexibility index (Phi) is 3.72. The number of hydrogen-bond acceptors (Lipinski definition) is 4. The maximum absolute atomic E-state index is 10.2. The summed E-state index contributed by atoms with van der Waals surface area (Å²) in [5.74, 6) is 0. The summed E-state index contributed by atoms with van der Waals surface area (Å²) >= 11 is 2.11. The van der Waals surface area contributed by atoms with Gasteiger partial charge in [-0.25, -0.2) is 0 Å². The molecule has 6 heteroatoms. The van der Waals surface area contributed by atoms with Crippen LogP contribution >= 0.6 is 12.2 Å². The van der Waals surface area contributed by atoms with Gasteiger partial charge in [-0.15, -0.1) is 0 Å². The van der Waals surface area contributed by atoms with Crippen molar-refractivity contribution in [1.29, 1.82) is 0 Å². The summed E-state index contributed by atoms with van der Waals surface area (Å²) in [5.41, 5.74) is 1.12. The van der Waals surface area contributed by atoms with Crippen LogP contribution in [0.3, 0.4) is 0 Å². The highest BCUT2D eigenvalue weighted by Crippen LogP contribution is 2.15. The van der Waals surface area contributed by atoms with Gasteiger partial charge in [-0.1, -0.05) is 0 Å². The third-order valence-corrected chi connectivity index (χ3v) is 1.74. The van der Waals surface area contributed by atoms with Crippen molar-refractivity contribution >= 4 is 40.0 Å². The molecule has 0 bridgehead atoms. The fraction of sp³-hybridized carbons (Fsp3) is 0. The minimum absolute atomic E-state index is 0.483. The second-order valence-electron chi connectivity index (χ2n) is 2.09. The van der Waals surface area contributed by atoms with Gasteiger partial charge in [0.15, 0.2) is 0 Å². The molecule has 0 amide bonds. The fourth-order valence-electron chi connectivity index (χ4n) is 0.753. The number of benzene rings is 1. The Bertz CT molecular complexity index is 357. The van der Waals surface area contributed by atoms with Crippen LogP contribution in [0.25, 0.3) is 0 Å². The normalized spacial score (nSPS) is 11.5. The number of nitrogens with zero attached hydrogens (tertiary/aromatic N) is 1. The van der Waals surface area contributed by atoms with Gasteiger partial charge >= 0.3 is 0 Å². The van der Waals surface area contributed by atoms with Crippen LogP contribution in [0.4, 0.5) is 11.4 Å². The number of nitrogens with one attached hydrogen (secondary N) is 1. The topological polar surface area (TPSA) is 64.5 Å². The molecule has 13 heavy (non-hydrogen) atoms. The lowest BCUT2D eigenvalue weighted by molar-refractivity contribution is 0.542. The molecule has 1 atom stereocenters. The number of anilines is 1. The quantitative estimate of drug-likeness (QED) is 0.471. The van der Waals surface area contributed by atoms with Crippen LogP contribution in [0.2, 0.25) is 0 Å². The minimum atomic E-state index is -2.29. The van der Waals surface area contributed by atoms with Crippen molar-refractivity contribution in [2.24, 2.45) is 4.99 Å². The summed E-state index contributed by atoms with van der Waals surface area (Å²) in [6, 6.07) is 6.44. The van der Waals surface area contributed by atoms with E-state index < -0.39 is 11.3 Å². The predicted octanol–water partition coefficient (Wildman–Crippen LogP) is 1.63. The molecule has 0 aromatic heterocycles. The van der Waals surface area contributed by atoms with E-state index in [0.717, 1.165) is 0 Å². The van der Waals surface area contributed by atoms with Gasteiger partial charge in [0.1, 0.15) is 0 Å². The van der Waals surface area contributed by atoms with Crippen molar-refractivity contribution in [2.75, 3.05) is 4.72 Å². The summed E-state index contributed by atoms with van der Waals surface area (Å²) < 4.78 is 22.6. The van der Waals surface area contributed by atoms with E-state index in [0.29, 0.717) is 11.4 Å². The molecule has 0 saturated heterocycles. The first-order chi connectivity index (χ1) is 6.22. The molecule has 1 rings (SSSR count). The van der Waals surface area contributed by atoms with Crippen LogP contribution in [0.1, 0.15) is 0 Å². The summed E-state index contributed by atoms with van der Waals surface area (Å²) in [7, 11) is 0. The summed E-state index contributed by atoms with van der Waals surface area (Å²) in [5, 5.41) is 2.21. The zero-order valence-corrected chi connectivity index (χ0v) is 8.02. The van der Waals surface area contributed by atoms with E-state index in [4.69, 9.17) is 0 Å². The van der Waals surface area contributed by atoms with Crippen molar-refractivity contribution < 1.29 is 8.76 Å². The van der Waals surface area contributed by atoms with E-state index in [2.05, 4.69) is 27.1 Å². The van der Waals surface area contributed by atoms with Crippen LogP contribution in [0.5, 0.6) is 0 Å². The smallest absolute Gasteiger partial charge is 0.0741 e. The van der Waals surface area contributed by atoms with Crippen molar-refractivity contribution in [3.8, 4) is 0 Å². The predicted molar refractivity (Wildman–Crippen MR) is 53.7 cm³/mol. The molecule has 0 spiro atoms. The molecule has 0 fully saturated rings. The molecule has 0 aliphatic carbocycles. The Morgan fingerprint density at radius 2 is 2.08 bits per heavy atom. The Morgan fingerprint density at radius 3 is 2.54 bits per heavy atom.